The molecule has 0 heterocycles. The van der Waals surface area contributed by atoms with Crippen molar-refractivity contribution in [2.24, 2.45) is 5.41 Å². The van der Waals surface area contributed by atoms with E-state index in [9.17, 15) is 4.79 Å². The van der Waals surface area contributed by atoms with Gasteiger partial charge in [0.25, 0.3) is 0 Å². The summed E-state index contributed by atoms with van der Waals surface area (Å²) >= 11 is 0. The van der Waals surface area contributed by atoms with Gasteiger partial charge in [-0.2, -0.15) is 0 Å². The first-order valence-electron chi connectivity index (χ1n) is 9.19. The molecule has 1 aliphatic rings. The summed E-state index contributed by atoms with van der Waals surface area (Å²) in [4.78, 5) is 12.5. The molecule has 0 spiro atoms. The largest absolute Gasteiger partial charge is 0.459 e. The lowest BCUT2D eigenvalue weighted by molar-refractivity contribution is -0.175. The molecule has 2 nitrogen and oxygen atoms in total. The molecule has 124 valence electrons. The Kier molecular flexibility index (Phi) is 7.76. The number of carbonyl (C=O) groups excluding carboxylic acids is 1. The monoisotopic (exact) mass is 296 g/mol. The maximum absolute atomic E-state index is 12.5. The fourth-order valence-corrected chi connectivity index (χ4v) is 3.13. The van der Waals surface area contributed by atoms with E-state index in [1.807, 2.05) is 13.8 Å². The maximum atomic E-state index is 12.5. The maximum Gasteiger partial charge on any atom is 0.312 e. The van der Waals surface area contributed by atoms with Gasteiger partial charge in [-0.05, 0) is 58.8 Å². The van der Waals surface area contributed by atoms with Crippen LogP contribution in [0.1, 0.15) is 105 Å². The summed E-state index contributed by atoms with van der Waals surface area (Å²) in [6.07, 6.45) is 14.2. The number of carbonyl (C=O) groups is 1. The minimum Gasteiger partial charge on any atom is -0.459 e. The fraction of sp³-hybridized carbons (Fsp3) is 0.947. The van der Waals surface area contributed by atoms with E-state index in [0.717, 1.165) is 25.7 Å². The van der Waals surface area contributed by atoms with Crippen molar-refractivity contribution in [3.63, 3.8) is 0 Å². The second-order valence-corrected chi connectivity index (χ2v) is 7.53. The number of unbranched alkanes of at least 4 members (excludes halogenated alkanes) is 4. The van der Waals surface area contributed by atoms with Crippen LogP contribution in [0.4, 0.5) is 0 Å². The number of ether oxygens (including phenoxy) is 1. The predicted octanol–water partition coefficient (Wildman–Crippen LogP) is 6.03. The van der Waals surface area contributed by atoms with E-state index in [0.29, 0.717) is 0 Å². The summed E-state index contributed by atoms with van der Waals surface area (Å²) in [7, 11) is 0. The average Bonchev–Trinajstić information content (AvgIpc) is 2.48. The van der Waals surface area contributed by atoms with Gasteiger partial charge < -0.3 is 4.74 Å². The van der Waals surface area contributed by atoms with Crippen LogP contribution < -0.4 is 0 Å². The first-order chi connectivity index (χ1) is 9.96. The molecule has 21 heavy (non-hydrogen) atoms. The lowest BCUT2D eigenvalue weighted by Crippen LogP contribution is -2.41. The van der Waals surface area contributed by atoms with Gasteiger partial charge >= 0.3 is 5.97 Å². The molecule has 0 aromatic heterocycles. The molecule has 0 aromatic rings. The van der Waals surface area contributed by atoms with Crippen molar-refractivity contribution in [2.75, 3.05) is 0 Å². The van der Waals surface area contributed by atoms with Crippen molar-refractivity contribution in [1.29, 1.82) is 0 Å². The van der Waals surface area contributed by atoms with Gasteiger partial charge in [0.15, 0.2) is 0 Å². The predicted molar refractivity (Wildman–Crippen MR) is 89.4 cm³/mol. The van der Waals surface area contributed by atoms with Crippen molar-refractivity contribution in [3.8, 4) is 0 Å². The molecule has 0 bridgehead atoms. The van der Waals surface area contributed by atoms with Gasteiger partial charge in [-0.1, -0.05) is 46.0 Å². The highest BCUT2D eigenvalue weighted by molar-refractivity contribution is 5.76. The van der Waals surface area contributed by atoms with Crippen LogP contribution in [0.15, 0.2) is 0 Å². The van der Waals surface area contributed by atoms with E-state index in [4.69, 9.17) is 4.74 Å². The Bertz CT molecular complexity index is 301. The van der Waals surface area contributed by atoms with Gasteiger partial charge in [0.1, 0.15) is 5.60 Å². The smallest absolute Gasteiger partial charge is 0.312 e. The summed E-state index contributed by atoms with van der Waals surface area (Å²) < 4.78 is 6.10. The number of rotatable bonds is 9. The van der Waals surface area contributed by atoms with E-state index in [-0.39, 0.29) is 17.0 Å². The second-order valence-electron chi connectivity index (χ2n) is 7.53. The zero-order valence-corrected chi connectivity index (χ0v) is 14.8. The summed E-state index contributed by atoms with van der Waals surface area (Å²) in [5.74, 6) is 0.0143. The highest BCUT2D eigenvalue weighted by Gasteiger charge is 2.39. The molecule has 0 unspecified atom stereocenters. The minimum atomic E-state index is -0.341. The summed E-state index contributed by atoms with van der Waals surface area (Å²) in [5.41, 5.74) is -0.485. The number of hydrogen-bond acceptors (Lipinski definition) is 2. The van der Waals surface area contributed by atoms with Gasteiger partial charge in [0.05, 0.1) is 5.41 Å². The Morgan fingerprint density at radius 2 is 1.62 bits per heavy atom. The third-order valence-electron chi connectivity index (χ3n) is 5.25. The van der Waals surface area contributed by atoms with Crippen LogP contribution in [0.3, 0.4) is 0 Å². The normalized spacial score (nSPS) is 18.5. The van der Waals surface area contributed by atoms with Crippen LogP contribution in [0.25, 0.3) is 0 Å². The molecule has 1 aliphatic carbocycles. The van der Waals surface area contributed by atoms with Crippen molar-refractivity contribution in [1.82, 2.24) is 0 Å². The van der Waals surface area contributed by atoms with Gasteiger partial charge in [0.2, 0.25) is 0 Å². The second kappa shape index (κ2) is 8.80. The SMILES string of the molecule is CCCCCCCC1(OC(=O)C(C)(C)CC)CCCCC1. The third-order valence-corrected chi connectivity index (χ3v) is 5.25. The number of esters is 1. The Balaban J connectivity index is 2.55. The molecule has 0 atom stereocenters. The van der Waals surface area contributed by atoms with E-state index in [1.165, 1.54) is 51.4 Å². The molecule has 0 amide bonds. The third kappa shape index (κ3) is 6.00. The highest BCUT2D eigenvalue weighted by Crippen LogP contribution is 2.38. The molecule has 2 heteroatoms. The van der Waals surface area contributed by atoms with Crippen LogP contribution in [0.5, 0.6) is 0 Å². The van der Waals surface area contributed by atoms with Crippen molar-refractivity contribution < 1.29 is 9.53 Å². The standard InChI is InChI=1S/C19H36O2/c1-5-7-8-9-11-14-19(15-12-10-13-16-19)21-17(20)18(3,4)6-2/h5-16H2,1-4H3. The zero-order chi connectivity index (χ0) is 15.8. The molecular weight excluding hydrogens is 260 g/mol. The first-order valence-corrected chi connectivity index (χ1v) is 9.19. The lowest BCUT2D eigenvalue weighted by atomic mass is 9.80. The lowest BCUT2D eigenvalue weighted by Gasteiger charge is -2.39. The van der Waals surface area contributed by atoms with Gasteiger partial charge in [-0.3, -0.25) is 4.79 Å². The quantitative estimate of drug-likeness (QED) is 0.383. The molecule has 1 saturated carbocycles. The van der Waals surface area contributed by atoms with Crippen LogP contribution in [-0.4, -0.2) is 11.6 Å². The molecule has 0 N–H and O–H groups in total. The van der Waals surface area contributed by atoms with Crippen LogP contribution >= 0.6 is 0 Å². The molecule has 0 aromatic carbocycles. The van der Waals surface area contributed by atoms with E-state index in [1.54, 1.807) is 0 Å². The molecule has 1 rings (SSSR count). The molecular formula is C19H36O2. The summed E-state index contributed by atoms with van der Waals surface area (Å²) in [6.45, 7) is 8.33. The van der Waals surface area contributed by atoms with Gasteiger partial charge in [-0.25, -0.2) is 0 Å². The number of hydrogen-bond donors (Lipinski definition) is 0. The van der Waals surface area contributed by atoms with Crippen molar-refractivity contribution in [2.45, 2.75) is 110 Å². The van der Waals surface area contributed by atoms with E-state index in [2.05, 4.69) is 13.8 Å². The molecule has 0 radical (unpaired) electrons. The minimum absolute atomic E-state index is 0.0143. The van der Waals surface area contributed by atoms with Crippen LogP contribution in [0, 0.1) is 5.41 Å². The van der Waals surface area contributed by atoms with E-state index >= 15 is 0 Å². The average molecular weight is 296 g/mol. The van der Waals surface area contributed by atoms with Crippen LogP contribution in [0.2, 0.25) is 0 Å². The van der Waals surface area contributed by atoms with Crippen molar-refractivity contribution in [3.05, 3.63) is 0 Å². The van der Waals surface area contributed by atoms with E-state index < -0.39 is 0 Å². The zero-order valence-electron chi connectivity index (χ0n) is 14.8. The Morgan fingerprint density at radius 1 is 1.00 bits per heavy atom. The summed E-state index contributed by atoms with van der Waals surface area (Å²) in [6, 6.07) is 0. The summed E-state index contributed by atoms with van der Waals surface area (Å²) in [5, 5.41) is 0. The van der Waals surface area contributed by atoms with Crippen molar-refractivity contribution >= 4 is 5.97 Å². The topological polar surface area (TPSA) is 26.3 Å². The molecule has 1 fully saturated rings. The van der Waals surface area contributed by atoms with Gasteiger partial charge in [-0.15, -0.1) is 0 Å². The fourth-order valence-electron chi connectivity index (χ4n) is 3.13. The Hall–Kier alpha value is -0.530. The first kappa shape index (κ1) is 18.5. The molecule has 0 saturated heterocycles. The highest BCUT2D eigenvalue weighted by atomic mass is 16.6. The Morgan fingerprint density at radius 3 is 2.19 bits per heavy atom. The molecule has 0 aliphatic heterocycles. The Labute approximate surface area is 132 Å². The van der Waals surface area contributed by atoms with Crippen LogP contribution in [-0.2, 0) is 9.53 Å². The van der Waals surface area contributed by atoms with Gasteiger partial charge in [0, 0.05) is 0 Å².